The number of H-pyrrole nitrogens is 1. The Morgan fingerprint density at radius 1 is 1.36 bits per heavy atom. The molecule has 2 aromatic rings. The molecular weight excluding hydrogens is 176 g/mol. The molecule has 0 aliphatic heterocycles. The maximum Gasteiger partial charge on any atom is 0.117 e. The van der Waals surface area contributed by atoms with E-state index in [2.05, 4.69) is 23.3 Å². The van der Waals surface area contributed by atoms with E-state index in [9.17, 15) is 5.11 Å². The molecular formula is C11H14N2O. The van der Waals surface area contributed by atoms with Crippen LogP contribution in [0, 0.1) is 0 Å². The van der Waals surface area contributed by atoms with Crippen molar-refractivity contribution < 1.29 is 5.11 Å². The number of benzene rings is 1. The van der Waals surface area contributed by atoms with Gasteiger partial charge in [-0.2, -0.15) is 0 Å². The van der Waals surface area contributed by atoms with Gasteiger partial charge in [0.25, 0.3) is 0 Å². The summed E-state index contributed by atoms with van der Waals surface area (Å²) < 4.78 is 0. The highest BCUT2D eigenvalue weighted by Crippen LogP contribution is 2.20. The topological polar surface area (TPSA) is 48.0 Å². The molecule has 0 aliphatic rings. The van der Waals surface area contributed by atoms with Gasteiger partial charge >= 0.3 is 0 Å². The van der Waals surface area contributed by atoms with Crippen molar-refractivity contribution in [2.75, 3.05) is 6.54 Å². The third kappa shape index (κ3) is 1.72. The lowest BCUT2D eigenvalue weighted by Crippen LogP contribution is -2.11. The molecule has 0 amide bonds. The number of rotatable bonds is 3. The summed E-state index contributed by atoms with van der Waals surface area (Å²) in [6.45, 7) is 3.88. The van der Waals surface area contributed by atoms with E-state index in [1.54, 1.807) is 12.1 Å². The average molecular weight is 190 g/mol. The molecule has 0 unspecified atom stereocenters. The van der Waals surface area contributed by atoms with Gasteiger partial charge < -0.3 is 15.4 Å². The van der Waals surface area contributed by atoms with Crippen LogP contribution in [0.1, 0.15) is 12.6 Å². The lowest BCUT2D eigenvalue weighted by atomic mass is 10.2. The first-order chi connectivity index (χ1) is 6.79. The lowest BCUT2D eigenvalue weighted by Gasteiger charge is -1.96. The van der Waals surface area contributed by atoms with Gasteiger partial charge in [-0.15, -0.1) is 0 Å². The van der Waals surface area contributed by atoms with Gasteiger partial charge in [0, 0.05) is 23.8 Å². The summed E-state index contributed by atoms with van der Waals surface area (Å²) >= 11 is 0. The molecule has 1 heterocycles. The summed E-state index contributed by atoms with van der Waals surface area (Å²) in [5.41, 5.74) is 2.13. The highest BCUT2D eigenvalue weighted by molar-refractivity contribution is 5.81. The minimum Gasteiger partial charge on any atom is -0.508 e. The second-order valence-electron chi connectivity index (χ2n) is 3.35. The Hall–Kier alpha value is -1.48. The minimum absolute atomic E-state index is 0.300. The first kappa shape index (κ1) is 9.09. The van der Waals surface area contributed by atoms with Crippen molar-refractivity contribution >= 4 is 10.9 Å². The van der Waals surface area contributed by atoms with Crippen LogP contribution in [0.4, 0.5) is 0 Å². The Bertz CT molecular complexity index is 434. The normalized spacial score (nSPS) is 10.9. The van der Waals surface area contributed by atoms with E-state index >= 15 is 0 Å². The van der Waals surface area contributed by atoms with Crippen LogP contribution in [0.15, 0.2) is 24.3 Å². The monoisotopic (exact) mass is 190 g/mol. The van der Waals surface area contributed by atoms with Crippen molar-refractivity contribution in [2.45, 2.75) is 13.5 Å². The standard InChI is InChI=1S/C11H14N2O/c1-2-12-7-9-5-8-3-4-10(14)6-11(8)13-9/h3-6,12-14H,2,7H2,1H3. The smallest absolute Gasteiger partial charge is 0.117 e. The fourth-order valence-electron chi connectivity index (χ4n) is 1.53. The van der Waals surface area contributed by atoms with Gasteiger partial charge in [-0.1, -0.05) is 6.92 Å². The minimum atomic E-state index is 0.300. The predicted octanol–water partition coefficient (Wildman–Crippen LogP) is 1.98. The van der Waals surface area contributed by atoms with Gasteiger partial charge in [0.1, 0.15) is 5.75 Å². The molecule has 1 aromatic carbocycles. The zero-order chi connectivity index (χ0) is 9.97. The van der Waals surface area contributed by atoms with Crippen LogP contribution in [0.2, 0.25) is 0 Å². The molecule has 3 N–H and O–H groups in total. The Morgan fingerprint density at radius 2 is 2.21 bits per heavy atom. The van der Waals surface area contributed by atoms with Crippen LogP contribution in [-0.4, -0.2) is 16.6 Å². The van der Waals surface area contributed by atoms with Gasteiger partial charge in [-0.05, 0) is 30.1 Å². The summed E-state index contributed by atoms with van der Waals surface area (Å²) in [4.78, 5) is 3.25. The molecule has 0 radical (unpaired) electrons. The molecule has 2 rings (SSSR count). The van der Waals surface area contributed by atoms with Crippen molar-refractivity contribution in [3.05, 3.63) is 30.0 Å². The van der Waals surface area contributed by atoms with E-state index in [1.807, 2.05) is 6.07 Å². The maximum atomic E-state index is 9.28. The van der Waals surface area contributed by atoms with Crippen molar-refractivity contribution in [3.63, 3.8) is 0 Å². The second kappa shape index (κ2) is 3.72. The average Bonchev–Trinajstić information content (AvgIpc) is 2.56. The predicted molar refractivity (Wildman–Crippen MR) is 57.3 cm³/mol. The van der Waals surface area contributed by atoms with E-state index in [4.69, 9.17) is 0 Å². The van der Waals surface area contributed by atoms with Crippen LogP contribution < -0.4 is 5.32 Å². The zero-order valence-corrected chi connectivity index (χ0v) is 8.17. The number of phenols is 1. The number of aromatic amines is 1. The van der Waals surface area contributed by atoms with E-state index in [0.29, 0.717) is 5.75 Å². The number of hydrogen-bond donors (Lipinski definition) is 3. The second-order valence-corrected chi connectivity index (χ2v) is 3.35. The molecule has 0 atom stereocenters. The number of phenolic OH excluding ortho intramolecular Hbond substituents is 1. The Balaban J connectivity index is 2.32. The highest BCUT2D eigenvalue weighted by Gasteiger charge is 2.00. The number of aromatic hydroxyl groups is 1. The first-order valence-corrected chi connectivity index (χ1v) is 4.81. The molecule has 3 nitrogen and oxygen atoms in total. The summed E-state index contributed by atoms with van der Waals surface area (Å²) in [6, 6.07) is 7.45. The van der Waals surface area contributed by atoms with Crippen LogP contribution in [-0.2, 0) is 6.54 Å². The van der Waals surface area contributed by atoms with Crippen molar-refractivity contribution in [1.29, 1.82) is 0 Å². The summed E-state index contributed by atoms with van der Waals surface area (Å²) in [7, 11) is 0. The maximum absolute atomic E-state index is 9.28. The number of hydrogen-bond acceptors (Lipinski definition) is 2. The molecule has 0 aliphatic carbocycles. The largest absolute Gasteiger partial charge is 0.508 e. The molecule has 14 heavy (non-hydrogen) atoms. The van der Waals surface area contributed by atoms with Gasteiger partial charge in [0.15, 0.2) is 0 Å². The Kier molecular flexibility index (Phi) is 2.41. The van der Waals surface area contributed by atoms with Gasteiger partial charge in [0.05, 0.1) is 0 Å². The lowest BCUT2D eigenvalue weighted by molar-refractivity contribution is 0.476. The molecule has 3 heteroatoms. The fraction of sp³-hybridized carbons (Fsp3) is 0.273. The van der Waals surface area contributed by atoms with E-state index in [0.717, 1.165) is 29.7 Å². The molecule has 0 saturated carbocycles. The van der Waals surface area contributed by atoms with Crippen LogP contribution in [0.25, 0.3) is 10.9 Å². The van der Waals surface area contributed by atoms with Crippen molar-refractivity contribution in [3.8, 4) is 5.75 Å². The van der Waals surface area contributed by atoms with Crippen LogP contribution >= 0.6 is 0 Å². The van der Waals surface area contributed by atoms with Crippen molar-refractivity contribution in [1.82, 2.24) is 10.3 Å². The third-order valence-corrected chi connectivity index (χ3v) is 2.23. The van der Waals surface area contributed by atoms with Gasteiger partial charge in [-0.3, -0.25) is 0 Å². The molecule has 0 spiro atoms. The number of fused-ring (bicyclic) bond motifs is 1. The molecule has 0 bridgehead atoms. The summed E-state index contributed by atoms with van der Waals surface area (Å²) in [5, 5.41) is 13.7. The van der Waals surface area contributed by atoms with Crippen molar-refractivity contribution in [2.24, 2.45) is 0 Å². The quantitative estimate of drug-likeness (QED) is 0.693. The Morgan fingerprint density at radius 3 is 3.00 bits per heavy atom. The fourth-order valence-corrected chi connectivity index (χ4v) is 1.53. The molecule has 0 saturated heterocycles. The van der Waals surface area contributed by atoms with Gasteiger partial charge in [-0.25, -0.2) is 0 Å². The Labute approximate surface area is 82.8 Å². The molecule has 1 aromatic heterocycles. The highest BCUT2D eigenvalue weighted by atomic mass is 16.3. The summed E-state index contributed by atoms with van der Waals surface area (Å²) in [6.07, 6.45) is 0. The van der Waals surface area contributed by atoms with E-state index in [-0.39, 0.29) is 0 Å². The van der Waals surface area contributed by atoms with E-state index in [1.165, 1.54) is 0 Å². The first-order valence-electron chi connectivity index (χ1n) is 4.81. The summed E-state index contributed by atoms with van der Waals surface area (Å²) in [5.74, 6) is 0.300. The van der Waals surface area contributed by atoms with Gasteiger partial charge in [0.2, 0.25) is 0 Å². The van der Waals surface area contributed by atoms with Crippen LogP contribution in [0.3, 0.4) is 0 Å². The zero-order valence-electron chi connectivity index (χ0n) is 8.17. The number of aromatic nitrogens is 1. The third-order valence-electron chi connectivity index (χ3n) is 2.23. The van der Waals surface area contributed by atoms with Crippen LogP contribution in [0.5, 0.6) is 5.75 Å². The SMILES string of the molecule is CCNCc1cc2ccc(O)cc2[nH]1. The van der Waals surface area contributed by atoms with E-state index < -0.39 is 0 Å². The molecule has 74 valence electrons. The molecule has 0 fully saturated rings. The number of nitrogens with one attached hydrogen (secondary N) is 2.